The molecule has 9 heteroatoms. The Hall–Kier alpha value is -2.55. The Morgan fingerprint density at radius 2 is 1.83 bits per heavy atom. The highest BCUT2D eigenvalue weighted by molar-refractivity contribution is 6.03. The molecule has 1 aliphatic heterocycles. The summed E-state index contributed by atoms with van der Waals surface area (Å²) in [6, 6.07) is 4.31. The van der Waals surface area contributed by atoms with Gasteiger partial charge < -0.3 is 19.1 Å². The number of anilines is 1. The minimum absolute atomic E-state index is 0.0336. The van der Waals surface area contributed by atoms with Crippen LogP contribution in [0.3, 0.4) is 0 Å². The highest BCUT2D eigenvalue weighted by Crippen LogP contribution is 2.33. The van der Waals surface area contributed by atoms with Gasteiger partial charge in [-0.1, -0.05) is 6.07 Å². The fraction of sp³-hybridized carbons (Fsp3) is 0.333. The van der Waals surface area contributed by atoms with Gasteiger partial charge in [0.2, 0.25) is 0 Å². The summed E-state index contributed by atoms with van der Waals surface area (Å²) >= 11 is 0. The minimum Gasteiger partial charge on any atom is -0.466 e. The Morgan fingerprint density at radius 1 is 1.17 bits per heavy atom. The number of methoxy groups -OCH3 is 2. The number of halogens is 3. The lowest BCUT2D eigenvalue weighted by Gasteiger charge is -2.31. The summed E-state index contributed by atoms with van der Waals surface area (Å²) in [6.07, 6.45) is -4.55. The van der Waals surface area contributed by atoms with Crippen molar-refractivity contribution < 1.29 is 37.0 Å². The zero-order valence-electron chi connectivity index (χ0n) is 12.8. The number of esters is 2. The molecule has 0 fully saturated rings. The van der Waals surface area contributed by atoms with Crippen LogP contribution in [0, 0.1) is 0 Å². The van der Waals surface area contributed by atoms with Crippen molar-refractivity contribution >= 4 is 17.6 Å². The molecule has 0 aromatic heterocycles. The topological polar surface area (TPSA) is 65.1 Å². The summed E-state index contributed by atoms with van der Waals surface area (Å²) in [4.78, 5) is 25.0. The van der Waals surface area contributed by atoms with Crippen LogP contribution >= 0.6 is 0 Å². The fourth-order valence-corrected chi connectivity index (χ4v) is 2.20. The van der Waals surface area contributed by atoms with Crippen LogP contribution in [0.15, 0.2) is 35.5 Å². The van der Waals surface area contributed by atoms with Gasteiger partial charge >= 0.3 is 18.1 Å². The zero-order chi connectivity index (χ0) is 17.9. The normalized spacial score (nSPS) is 15.3. The number of benzene rings is 1. The Balaban J connectivity index is 2.55. The third-order valence-corrected chi connectivity index (χ3v) is 3.32. The highest BCUT2D eigenvalue weighted by Gasteiger charge is 2.35. The van der Waals surface area contributed by atoms with Crippen LogP contribution in [0.4, 0.5) is 18.9 Å². The molecule has 2 rings (SSSR count). The van der Waals surface area contributed by atoms with E-state index in [9.17, 15) is 22.8 Å². The van der Waals surface area contributed by atoms with E-state index in [1.165, 1.54) is 12.1 Å². The molecule has 0 saturated carbocycles. The largest absolute Gasteiger partial charge is 0.466 e. The van der Waals surface area contributed by atoms with Crippen LogP contribution in [0.2, 0.25) is 0 Å². The van der Waals surface area contributed by atoms with Crippen LogP contribution in [0.5, 0.6) is 0 Å². The molecule has 1 heterocycles. The maximum atomic E-state index is 12.9. The lowest BCUT2D eigenvalue weighted by atomic mass is 10.1. The molecule has 0 amide bonds. The first-order valence-corrected chi connectivity index (χ1v) is 6.72. The van der Waals surface area contributed by atoms with Crippen molar-refractivity contribution in [1.29, 1.82) is 0 Å². The third-order valence-electron chi connectivity index (χ3n) is 3.32. The number of hydrogen-bond acceptors (Lipinski definition) is 6. The lowest BCUT2D eigenvalue weighted by molar-refractivity contribution is -0.140. The maximum Gasteiger partial charge on any atom is 0.416 e. The molecule has 1 aromatic carbocycles. The Kier molecular flexibility index (Phi) is 5.13. The summed E-state index contributed by atoms with van der Waals surface area (Å²) in [7, 11) is 2.22. The van der Waals surface area contributed by atoms with Gasteiger partial charge in [0, 0.05) is 5.69 Å². The number of nitrogens with zero attached hydrogens (tertiary/aromatic N) is 1. The molecular formula is C15H14F3NO5. The van der Waals surface area contributed by atoms with Crippen molar-refractivity contribution in [1.82, 2.24) is 0 Å². The number of hydrogen-bond donors (Lipinski definition) is 0. The van der Waals surface area contributed by atoms with E-state index in [2.05, 4.69) is 9.47 Å². The Bertz CT molecular complexity index is 684. The average Bonchev–Trinajstić information content (AvgIpc) is 2.59. The molecular weight excluding hydrogens is 331 g/mol. The van der Waals surface area contributed by atoms with Gasteiger partial charge in [0.15, 0.2) is 0 Å². The molecule has 0 N–H and O–H groups in total. The number of ether oxygens (including phenoxy) is 3. The lowest BCUT2D eigenvalue weighted by Crippen LogP contribution is -2.38. The van der Waals surface area contributed by atoms with Crippen LogP contribution in [-0.4, -0.2) is 39.5 Å². The number of carbonyl (C=O) groups is 2. The average molecular weight is 345 g/mol. The molecule has 0 aliphatic carbocycles. The Morgan fingerprint density at radius 3 is 2.42 bits per heavy atom. The predicted octanol–water partition coefficient (Wildman–Crippen LogP) is 2.10. The monoisotopic (exact) mass is 345 g/mol. The van der Waals surface area contributed by atoms with Gasteiger partial charge in [-0.25, -0.2) is 9.59 Å². The first-order chi connectivity index (χ1) is 11.3. The molecule has 1 aliphatic rings. The van der Waals surface area contributed by atoms with Crippen molar-refractivity contribution in [3.63, 3.8) is 0 Å². The van der Waals surface area contributed by atoms with Crippen molar-refractivity contribution in [3.8, 4) is 0 Å². The smallest absolute Gasteiger partial charge is 0.416 e. The van der Waals surface area contributed by atoms with E-state index in [0.717, 1.165) is 31.3 Å². The number of carbonyl (C=O) groups excluding carboxylic acids is 2. The molecule has 0 spiro atoms. The van der Waals surface area contributed by atoms with Crippen molar-refractivity contribution in [3.05, 3.63) is 41.1 Å². The van der Waals surface area contributed by atoms with Crippen molar-refractivity contribution in [2.45, 2.75) is 6.18 Å². The van der Waals surface area contributed by atoms with E-state index in [1.54, 1.807) is 0 Å². The van der Waals surface area contributed by atoms with Crippen molar-refractivity contribution in [2.24, 2.45) is 0 Å². The second kappa shape index (κ2) is 6.91. The minimum atomic E-state index is -4.55. The molecule has 6 nitrogen and oxygen atoms in total. The summed E-state index contributed by atoms with van der Waals surface area (Å²) in [5.74, 6) is -1.71. The van der Waals surface area contributed by atoms with E-state index in [4.69, 9.17) is 4.74 Å². The molecule has 24 heavy (non-hydrogen) atoms. The molecule has 0 radical (unpaired) electrons. The van der Waals surface area contributed by atoms with E-state index >= 15 is 0 Å². The van der Waals surface area contributed by atoms with E-state index in [-0.39, 0.29) is 30.3 Å². The summed E-state index contributed by atoms with van der Waals surface area (Å²) < 4.78 is 53.1. The van der Waals surface area contributed by atoms with Crippen molar-refractivity contribution in [2.75, 3.05) is 32.5 Å². The zero-order valence-corrected chi connectivity index (χ0v) is 12.8. The van der Waals surface area contributed by atoms with E-state index < -0.39 is 23.7 Å². The second-order valence-electron chi connectivity index (χ2n) is 4.76. The van der Waals surface area contributed by atoms with Crippen LogP contribution in [0.1, 0.15) is 5.56 Å². The summed E-state index contributed by atoms with van der Waals surface area (Å²) in [5, 5.41) is 0. The first kappa shape index (κ1) is 17.8. The SMILES string of the molecule is COC(=O)C1=C(C(=O)OC)N(c2cccc(C(F)(F)F)c2)COC1. The molecule has 0 unspecified atom stereocenters. The first-order valence-electron chi connectivity index (χ1n) is 6.72. The predicted molar refractivity (Wildman–Crippen MR) is 75.8 cm³/mol. The molecule has 0 saturated heterocycles. The molecule has 0 atom stereocenters. The van der Waals surface area contributed by atoms with Gasteiger partial charge in [0.25, 0.3) is 0 Å². The van der Waals surface area contributed by atoms with Gasteiger partial charge in [-0.3, -0.25) is 0 Å². The molecule has 130 valence electrons. The van der Waals surface area contributed by atoms with E-state index in [0.29, 0.717) is 0 Å². The molecule has 1 aromatic rings. The number of alkyl halides is 3. The highest BCUT2D eigenvalue weighted by atomic mass is 19.4. The van der Waals surface area contributed by atoms with Gasteiger partial charge in [-0.15, -0.1) is 0 Å². The van der Waals surface area contributed by atoms with Gasteiger partial charge in [0.05, 0.1) is 32.0 Å². The summed E-state index contributed by atoms with van der Waals surface area (Å²) in [6.45, 7) is -0.432. The standard InChI is InChI=1S/C15H14F3NO5/c1-22-13(20)11-7-24-8-19(12(11)14(21)23-2)10-5-3-4-9(6-10)15(16,17)18/h3-6H,7-8H2,1-2H3. The number of rotatable bonds is 3. The van der Waals surface area contributed by atoms with Crippen LogP contribution in [-0.2, 0) is 30.0 Å². The molecule has 0 bridgehead atoms. The second-order valence-corrected chi connectivity index (χ2v) is 4.76. The fourth-order valence-electron chi connectivity index (χ4n) is 2.20. The quantitative estimate of drug-likeness (QED) is 0.782. The van der Waals surface area contributed by atoms with Crippen LogP contribution < -0.4 is 4.90 Å². The van der Waals surface area contributed by atoms with E-state index in [1.807, 2.05) is 0 Å². The third kappa shape index (κ3) is 3.51. The Labute approximate surface area is 135 Å². The maximum absolute atomic E-state index is 12.9. The summed E-state index contributed by atoms with van der Waals surface area (Å²) in [5.41, 5.74) is -1.20. The van der Waals surface area contributed by atoms with Gasteiger partial charge in [0.1, 0.15) is 12.4 Å². The van der Waals surface area contributed by atoms with Crippen LogP contribution in [0.25, 0.3) is 0 Å². The van der Waals surface area contributed by atoms with Gasteiger partial charge in [-0.05, 0) is 18.2 Å². The van der Waals surface area contributed by atoms with Gasteiger partial charge in [-0.2, -0.15) is 13.2 Å².